The molecule has 1 N–H and O–H groups in total. The first-order chi connectivity index (χ1) is 12.0. The van der Waals surface area contributed by atoms with E-state index >= 15 is 0 Å². The van der Waals surface area contributed by atoms with Gasteiger partial charge in [0.15, 0.2) is 0 Å². The summed E-state index contributed by atoms with van der Waals surface area (Å²) in [6, 6.07) is 7.68. The van der Waals surface area contributed by atoms with Crippen molar-refractivity contribution in [3.63, 3.8) is 0 Å². The van der Waals surface area contributed by atoms with Crippen LogP contribution >= 0.6 is 0 Å². The maximum Gasteiger partial charge on any atom is 0.415 e. The van der Waals surface area contributed by atoms with Gasteiger partial charge in [-0.1, -0.05) is 32.0 Å². The summed E-state index contributed by atoms with van der Waals surface area (Å²) in [4.78, 5) is 40.4. The number of para-hydroxylation sites is 1. The summed E-state index contributed by atoms with van der Waals surface area (Å²) in [6.07, 6.45) is 0.114. The molecule has 3 rings (SSSR count). The minimum absolute atomic E-state index is 0.0608. The van der Waals surface area contributed by atoms with Gasteiger partial charge in [0.05, 0.1) is 6.54 Å². The molecular formula is C18H23N3O4. The van der Waals surface area contributed by atoms with Crippen molar-refractivity contribution in [1.29, 1.82) is 0 Å². The lowest BCUT2D eigenvalue weighted by Gasteiger charge is -2.45. The number of fused-ring (bicyclic) bond motifs is 1. The van der Waals surface area contributed by atoms with E-state index < -0.39 is 18.2 Å². The molecule has 2 aliphatic rings. The Labute approximate surface area is 146 Å². The Balaban J connectivity index is 1.64. The lowest BCUT2D eigenvalue weighted by Crippen LogP contribution is -2.69. The van der Waals surface area contributed by atoms with E-state index in [1.165, 1.54) is 4.90 Å². The van der Waals surface area contributed by atoms with Crippen molar-refractivity contribution in [2.45, 2.75) is 32.4 Å². The molecule has 2 fully saturated rings. The van der Waals surface area contributed by atoms with E-state index in [2.05, 4.69) is 5.32 Å². The fraction of sp³-hybridized carbons (Fsp3) is 0.500. The van der Waals surface area contributed by atoms with Gasteiger partial charge in [-0.3, -0.25) is 9.59 Å². The van der Waals surface area contributed by atoms with Crippen molar-refractivity contribution in [3.8, 4) is 5.75 Å². The van der Waals surface area contributed by atoms with Gasteiger partial charge in [0.25, 0.3) is 0 Å². The van der Waals surface area contributed by atoms with Crippen LogP contribution in [0.15, 0.2) is 30.3 Å². The Bertz CT molecular complexity index is 662. The third kappa shape index (κ3) is 3.75. The number of carbonyl (C=O) groups excluding carboxylic acids is 3. The molecule has 7 nitrogen and oxygen atoms in total. The standard InChI is InChI=1S/C18H23N3O4/c1-12(2)10-14-17(23)21-9-8-20(11-15(21)16(22)19-14)18(24)25-13-6-4-3-5-7-13/h3-7,12,14-15H,8-11H2,1-2H3,(H,19,22)/t14-,15+/m0/s1. The highest BCUT2D eigenvalue weighted by molar-refractivity contribution is 5.97. The Hall–Kier alpha value is -2.57. The van der Waals surface area contributed by atoms with E-state index in [1.807, 2.05) is 19.9 Å². The van der Waals surface area contributed by atoms with Crippen molar-refractivity contribution in [2.24, 2.45) is 5.92 Å². The molecule has 0 bridgehead atoms. The fourth-order valence-electron chi connectivity index (χ4n) is 3.25. The van der Waals surface area contributed by atoms with Gasteiger partial charge in [0.2, 0.25) is 11.8 Å². The van der Waals surface area contributed by atoms with E-state index in [0.29, 0.717) is 31.2 Å². The van der Waals surface area contributed by atoms with Crippen LogP contribution < -0.4 is 10.1 Å². The number of piperazine rings is 2. The molecule has 2 heterocycles. The SMILES string of the molecule is CC(C)C[C@@H]1NC(=O)[C@H]2CN(C(=O)Oc3ccccc3)CCN2C1=O. The maximum atomic E-state index is 12.6. The third-order valence-electron chi connectivity index (χ3n) is 4.49. The predicted octanol–water partition coefficient (Wildman–Crippen LogP) is 1.24. The molecule has 1 aromatic rings. The van der Waals surface area contributed by atoms with Gasteiger partial charge in [-0.05, 0) is 24.5 Å². The minimum Gasteiger partial charge on any atom is -0.410 e. The summed E-state index contributed by atoms with van der Waals surface area (Å²) < 4.78 is 5.32. The van der Waals surface area contributed by atoms with Crippen LogP contribution in [0.25, 0.3) is 0 Å². The van der Waals surface area contributed by atoms with Crippen LogP contribution in [-0.2, 0) is 9.59 Å². The minimum atomic E-state index is -0.645. The number of hydrogen-bond donors (Lipinski definition) is 1. The van der Waals surface area contributed by atoms with Gasteiger partial charge in [-0.25, -0.2) is 4.79 Å². The number of nitrogens with zero attached hydrogens (tertiary/aromatic N) is 2. The molecule has 0 unspecified atom stereocenters. The van der Waals surface area contributed by atoms with Crippen LogP contribution in [0, 0.1) is 5.92 Å². The lowest BCUT2D eigenvalue weighted by atomic mass is 9.97. The molecule has 7 heteroatoms. The molecule has 2 saturated heterocycles. The van der Waals surface area contributed by atoms with Crippen molar-refractivity contribution < 1.29 is 19.1 Å². The number of ether oxygens (including phenoxy) is 1. The topological polar surface area (TPSA) is 79.0 Å². The van der Waals surface area contributed by atoms with Crippen LogP contribution in [0.3, 0.4) is 0 Å². The Morgan fingerprint density at radius 2 is 1.96 bits per heavy atom. The lowest BCUT2D eigenvalue weighted by molar-refractivity contribution is -0.152. The van der Waals surface area contributed by atoms with Gasteiger partial charge in [-0.15, -0.1) is 0 Å². The summed E-state index contributed by atoms with van der Waals surface area (Å²) in [5.74, 6) is 0.501. The van der Waals surface area contributed by atoms with E-state index in [4.69, 9.17) is 4.74 Å². The highest BCUT2D eigenvalue weighted by Crippen LogP contribution is 2.20. The van der Waals surface area contributed by atoms with Crippen LogP contribution in [0.4, 0.5) is 4.79 Å². The molecule has 0 saturated carbocycles. The monoisotopic (exact) mass is 345 g/mol. The second-order valence-electron chi connectivity index (χ2n) is 6.87. The van der Waals surface area contributed by atoms with Gasteiger partial charge in [0.1, 0.15) is 17.8 Å². The third-order valence-corrected chi connectivity index (χ3v) is 4.49. The summed E-state index contributed by atoms with van der Waals surface area (Å²) in [5.41, 5.74) is 0. The number of rotatable bonds is 3. The average Bonchev–Trinajstić information content (AvgIpc) is 2.59. The highest BCUT2D eigenvalue weighted by atomic mass is 16.6. The summed E-state index contributed by atoms with van der Waals surface area (Å²) >= 11 is 0. The zero-order chi connectivity index (χ0) is 18.0. The van der Waals surface area contributed by atoms with E-state index in [-0.39, 0.29) is 18.4 Å². The molecule has 2 aliphatic heterocycles. The number of amides is 3. The van der Waals surface area contributed by atoms with E-state index in [9.17, 15) is 14.4 Å². The van der Waals surface area contributed by atoms with Crippen LogP contribution in [0.2, 0.25) is 0 Å². The number of hydrogen-bond acceptors (Lipinski definition) is 4. The highest BCUT2D eigenvalue weighted by Gasteiger charge is 2.44. The van der Waals surface area contributed by atoms with Crippen molar-refractivity contribution in [3.05, 3.63) is 30.3 Å². The number of benzene rings is 1. The average molecular weight is 345 g/mol. The first-order valence-electron chi connectivity index (χ1n) is 8.58. The van der Waals surface area contributed by atoms with Gasteiger partial charge >= 0.3 is 6.09 Å². The smallest absolute Gasteiger partial charge is 0.410 e. The fourth-order valence-corrected chi connectivity index (χ4v) is 3.25. The molecule has 1 aromatic carbocycles. The normalized spacial score (nSPS) is 23.3. The molecule has 25 heavy (non-hydrogen) atoms. The molecule has 2 atom stereocenters. The summed E-state index contributed by atoms with van der Waals surface area (Å²) in [6.45, 7) is 4.88. The van der Waals surface area contributed by atoms with Gasteiger partial charge in [0, 0.05) is 13.1 Å². The van der Waals surface area contributed by atoms with Crippen LogP contribution in [0.5, 0.6) is 5.75 Å². The predicted molar refractivity (Wildman–Crippen MR) is 90.9 cm³/mol. The zero-order valence-corrected chi connectivity index (χ0v) is 14.5. The molecule has 0 aliphatic carbocycles. The maximum absolute atomic E-state index is 12.6. The van der Waals surface area contributed by atoms with Crippen molar-refractivity contribution >= 4 is 17.9 Å². The van der Waals surface area contributed by atoms with Crippen molar-refractivity contribution in [1.82, 2.24) is 15.1 Å². The molecule has 3 amide bonds. The Kier molecular flexibility index (Phi) is 4.92. The second kappa shape index (κ2) is 7.13. The van der Waals surface area contributed by atoms with Gasteiger partial charge < -0.3 is 19.9 Å². The molecule has 0 radical (unpaired) electrons. The quantitative estimate of drug-likeness (QED) is 0.894. The van der Waals surface area contributed by atoms with E-state index in [1.54, 1.807) is 29.2 Å². The molecule has 0 aromatic heterocycles. The van der Waals surface area contributed by atoms with Crippen LogP contribution in [-0.4, -0.2) is 59.4 Å². The number of nitrogens with one attached hydrogen (secondary N) is 1. The Morgan fingerprint density at radius 1 is 1.24 bits per heavy atom. The van der Waals surface area contributed by atoms with Crippen molar-refractivity contribution in [2.75, 3.05) is 19.6 Å². The van der Waals surface area contributed by atoms with E-state index in [0.717, 1.165) is 0 Å². The number of carbonyl (C=O) groups is 3. The zero-order valence-electron chi connectivity index (χ0n) is 14.5. The first kappa shape index (κ1) is 17.3. The molecule has 0 spiro atoms. The van der Waals surface area contributed by atoms with Gasteiger partial charge in [-0.2, -0.15) is 0 Å². The van der Waals surface area contributed by atoms with Crippen LogP contribution in [0.1, 0.15) is 20.3 Å². The summed E-state index contributed by atoms with van der Waals surface area (Å²) in [7, 11) is 0. The Morgan fingerprint density at radius 3 is 2.64 bits per heavy atom. The molecule has 134 valence electrons. The largest absolute Gasteiger partial charge is 0.415 e. The molecular weight excluding hydrogens is 322 g/mol. The second-order valence-corrected chi connectivity index (χ2v) is 6.87. The first-order valence-corrected chi connectivity index (χ1v) is 8.58. The summed E-state index contributed by atoms with van der Waals surface area (Å²) in [5, 5.41) is 2.80.